The van der Waals surface area contributed by atoms with Crippen molar-refractivity contribution in [3.63, 3.8) is 0 Å². The molecule has 92 valence electrons. The number of ether oxygens (including phenoxy) is 2. The van der Waals surface area contributed by atoms with Gasteiger partial charge in [0.05, 0.1) is 0 Å². The van der Waals surface area contributed by atoms with Gasteiger partial charge in [0.1, 0.15) is 11.1 Å². The van der Waals surface area contributed by atoms with Crippen LogP contribution in [0, 0.1) is 0 Å². The standard InChI is InChI=1S/C12H21NO2S/c1-5-14-10(3)15-11-8-6-7-9(2)13-12(11)16-4/h7,10-11H,5-6,8H2,1-4H3. The van der Waals surface area contributed by atoms with Gasteiger partial charge in [-0.3, -0.25) is 0 Å². The molecule has 0 spiro atoms. The van der Waals surface area contributed by atoms with E-state index in [1.165, 1.54) is 0 Å². The lowest BCUT2D eigenvalue weighted by atomic mass is 10.2. The van der Waals surface area contributed by atoms with Gasteiger partial charge in [-0.25, -0.2) is 4.99 Å². The largest absolute Gasteiger partial charge is 0.353 e. The normalized spacial score (nSPS) is 23.4. The molecule has 16 heavy (non-hydrogen) atoms. The maximum Gasteiger partial charge on any atom is 0.155 e. The molecule has 0 aromatic heterocycles. The van der Waals surface area contributed by atoms with Gasteiger partial charge in [0.2, 0.25) is 0 Å². The van der Waals surface area contributed by atoms with E-state index >= 15 is 0 Å². The van der Waals surface area contributed by atoms with Crippen molar-refractivity contribution >= 4 is 16.8 Å². The molecule has 0 saturated carbocycles. The topological polar surface area (TPSA) is 30.8 Å². The highest BCUT2D eigenvalue weighted by Gasteiger charge is 2.20. The van der Waals surface area contributed by atoms with E-state index in [-0.39, 0.29) is 12.4 Å². The van der Waals surface area contributed by atoms with E-state index in [1.807, 2.05) is 27.0 Å². The molecule has 0 amide bonds. The van der Waals surface area contributed by atoms with E-state index < -0.39 is 0 Å². The zero-order valence-corrected chi connectivity index (χ0v) is 11.3. The smallest absolute Gasteiger partial charge is 0.155 e. The average Bonchev–Trinajstić information content (AvgIpc) is 2.41. The Labute approximate surface area is 102 Å². The quantitative estimate of drug-likeness (QED) is 0.710. The highest BCUT2D eigenvalue weighted by atomic mass is 32.2. The van der Waals surface area contributed by atoms with Crippen LogP contribution in [0.25, 0.3) is 0 Å². The SMILES string of the molecule is CCOC(C)OC1CCC=C(C)N=C1SC. The van der Waals surface area contributed by atoms with Gasteiger partial charge >= 0.3 is 0 Å². The zero-order chi connectivity index (χ0) is 12.0. The summed E-state index contributed by atoms with van der Waals surface area (Å²) >= 11 is 1.66. The summed E-state index contributed by atoms with van der Waals surface area (Å²) in [5.74, 6) is 0. The molecule has 2 unspecified atom stereocenters. The Kier molecular flexibility index (Phi) is 6.09. The minimum atomic E-state index is -0.161. The summed E-state index contributed by atoms with van der Waals surface area (Å²) in [5, 5.41) is 1.05. The number of allylic oxidation sites excluding steroid dienone is 2. The van der Waals surface area contributed by atoms with Crippen molar-refractivity contribution in [2.75, 3.05) is 12.9 Å². The summed E-state index contributed by atoms with van der Waals surface area (Å²) in [6.45, 7) is 6.62. The zero-order valence-electron chi connectivity index (χ0n) is 10.5. The first-order valence-electron chi connectivity index (χ1n) is 5.73. The molecular formula is C12H21NO2S. The lowest BCUT2D eigenvalue weighted by Crippen LogP contribution is -2.27. The molecule has 3 nitrogen and oxygen atoms in total. The molecule has 4 heteroatoms. The predicted octanol–water partition coefficient (Wildman–Crippen LogP) is 3.21. The van der Waals surface area contributed by atoms with Crippen LogP contribution in [0.2, 0.25) is 0 Å². The van der Waals surface area contributed by atoms with Crippen molar-refractivity contribution in [1.29, 1.82) is 0 Å². The first-order chi connectivity index (χ1) is 7.67. The molecule has 1 rings (SSSR count). The van der Waals surface area contributed by atoms with E-state index in [0.717, 1.165) is 23.6 Å². The number of hydrogen-bond donors (Lipinski definition) is 0. The number of nitrogens with zero attached hydrogens (tertiary/aromatic N) is 1. The molecule has 0 radical (unpaired) electrons. The van der Waals surface area contributed by atoms with Crippen molar-refractivity contribution in [2.45, 2.75) is 46.0 Å². The molecular weight excluding hydrogens is 222 g/mol. The van der Waals surface area contributed by atoms with Gasteiger partial charge in [0.25, 0.3) is 0 Å². The lowest BCUT2D eigenvalue weighted by molar-refractivity contribution is -0.141. The second-order valence-electron chi connectivity index (χ2n) is 3.72. The van der Waals surface area contributed by atoms with Crippen LogP contribution in [0.4, 0.5) is 0 Å². The van der Waals surface area contributed by atoms with Crippen LogP contribution < -0.4 is 0 Å². The van der Waals surface area contributed by atoms with Crippen LogP contribution in [0.15, 0.2) is 16.8 Å². The second kappa shape index (κ2) is 7.09. The molecule has 0 aromatic rings. The van der Waals surface area contributed by atoms with E-state index in [2.05, 4.69) is 11.1 Å². The van der Waals surface area contributed by atoms with Crippen LogP contribution in [0.5, 0.6) is 0 Å². The molecule has 1 aliphatic heterocycles. The molecule has 2 atom stereocenters. The van der Waals surface area contributed by atoms with Crippen LogP contribution in [-0.4, -0.2) is 30.3 Å². The molecule has 0 bridgehead atoms. The van der Waals surface area contributed by atoms with Gasteiger partial charge in [0, 0.05) is 12.3 Å². The van der Waals surface area contributed by atoms with Crippen LogP contribution >= 0.6 is 11.8 Å². The second-order valence-corrected chi connectivity index (χ2v) is 4.55. The van der Waals surface area contributed by atoms with E-state index in [4.69, 9.17) is 9.47 Å². The summed E-state index contributed by atoms with van der Waals surface area (Å²) < 4.78 is 11.3. The van der Waals surface area contributed by atoms with E-state index in [1.54, 1.807) is 11.8 Å². The van der Waals surface area contributed by atoms with Gasteiger partial charge in [-0.2, -0.15) is 0 Å². The maximum absolute atomic E-state index is 5.86. The summed E-state index contributed by atoms with van der Waals surface area (Å²) in [6, 6.07) is 0. The minimum Gasteiger partial charge on any atom is -0.353 e. The van der Waals surface area contributed by atoms with Crippen molar-refractivity contribution < 1.29 is 9.47 Å². The third-order valence-corrected chi connectivity index (χ3v) is 3.17. The number of rotatable bonds is 4. The van der Waals surface area contributed by atoms with Crippen molar-refractivity contribution in [2.24, 2.45) is 4.99 Å². The van der Waals surface area contributed by atoms with E-state index in [0.29, 0.717) is 6.61 Å². The fourth-order valence-corrected chi connectivity index (χ4v) is 2.34. The van der Waals surface area contributed by atoms with Crippen molar-refractivity contribution in [3.05, 3.63) is 11.8 Å². The predicted molar refractivity (Wildman–Crippen MR) is 69.9 cm³/mol. The Balaban J connectivity index is 2.61. The lowest BCUT2D eigenvalue weighted by Gasteiger charge is -2.21. The molecule has 0 fully saturated rings. The van der Waals surface area contributed by atoms with Crippen LogP contribution in [0.1, 0.15) is 33.6 Å². The summed E-state index contributed by atoms with van der Waals surface area (Å²) in [6.07, 6.45) is 6.11. The third kappa shape index (κ3) is 4.28. The Morgan fingerprint density at radius 1 is 1.62 bits per heavy atom. The Hall–Kier alpha value is -0.320. The number of thioether (sulfide) groups is 1. The Morgan fingerprint density at radius 3 is 3.00 bits per heavy atom. The summed E-state index contributed by atoms with van der Waals surface area (Å²) in [4.78, 5) is 4.55. The van der Waals surface area contributed by atoms with Crippen molar-refractivity contribution in [1.82, 2.24) is 0 Å². The molecule has 0 aliphatic carbocycles. The maximum atomic E-state index is 5.86. The number of hydrogen-bond acceptors (Lipinski definition) is 4. The van der Waals surface area contributed by atoms with Crippen molar-refractivity contribution in [3.8, 4) is 0 Å². The minimum absolute atomic E-state index is 0.0743. The summed E-state index contributed by atoms with van der Waals surface area (Å²) in [7, 11) is 0. The monoisotopic (exact) mass is 243 g/mol. The molecule has 0 saturated heterocycles. The molecule has 1 heterocycles. The third-order valence-electron chi connectivity index (χ3n) is 2.40. The average molecular weight is 243 g/mol. The van der Waals surface area contributed by atoms with Crippen LogP contribution in [0.3, 0.4) is 0 Å². The molecule has 0 aromatic carbocycles. The Bertz CT molecular complexity index is 276. The first kappa shape index (κ1) is 13.7. The highest BCUT2D eigenvalue weighted by molar-refractivity contribution is 8.13. The Morgan fingerprint density at radius 2 is 2.38 bits per heavy atom. The van der Waals surface area contributed by atoms with Gasteiger partial charge in [0.15, 0.2) is 6.29 Å². The number of aliphatic imine (C=N–C) groups is 1. The van der Waals surface area contributed by atoms with Crippen LogP contribution in [-0.2, 0) is 9.47 Å². The fraction of sp³-hybridized carbons (Fsp3) is 0.750. The fourth-order valence-electron chi connectivity index (χ4n) is 1.67. The van der Waals surface area contributed by atoms with Gasteiger partial charge < -0.3 is 9.47 Å². The van der Waals surface area contributed by atoms with E-state index in [9.17, 15) is 0 Å². The van der Waals surface area contributed by atoms with Gasteiger partial charge in [-0.15, -0.1) is 11.8 Å². The van der Waals surface area contributed by atoms with Gasteiger partial charge in [-0.05, 0) is 39.9 Å². The van der Waals surface area contributed by atoms with Gasteiger partial charge in [-0.1, -0.05) is 6.08 Å². The molecule has 1 aliphatic rings. The summed E-state index contributed by atoms with van der Waals surface area (Å²) in [5.41, 5.74) is 1.08. The first-order valence-corrected chi connectivity index (χ1v) is 6.96. The molecule has 0 N–H and O–H groups in total. The highest BCUT2D eigenvalue weighted by Crippen LogP contribution is 2.21.